The van der Waals surface area contributed by atoms with E-state index in [1.807, 2.05) is 0 Å². The zero-order chi connectivity index (χ0) is 20.2. The van der Waals surface area contributed by atoms with Crippen molar-refractivity contribution in [1.29, 1.82) is 0 Å². The number of benzene rings is 1. The van der Waals surface area contributed by atoms with Crippen molar-refractivity contribution >= 4 is 27.6 Å². The Balaban J connectivity index is 2.23. The van der Waals surface area contributed by atoms with Crippen molar-refractivity contribution in [3.8, 4) is 0 Å². The molecule has 7 nitrogen and oxygen atoms in total. The van der Waals surface area contributed by atoms with Gasteiger partial charge >= 0.3 is 5.97 Å². The molecule has 1 saturated heterocycles. The Hall–Kier alpha value is -2.16. The average molecular weight is 400 g/mol. The number of hydrogen-bond donors (Lipinski definition) is 0. The molecule has 1 heterocycles. The fraction of sp³-hybridized carbons (Fsp3) is 0.556. The first-order chi connectivity index (χ1) is 12.7. The van der Waals surface area contributed by atoms with E-state index in [4.69, 9.17) is 4.74 Å². The molecule has 0 bridgehead atoms. The van der Waals surface area contributed by atoms with Gasteiger partial charge in [0.1, 0.15) is 11.9 Å². The summed E-state index contributed by atoms with van der Waals surface area (Å²) in [5.41, 5.74) is 0.239. The second-order valence-corrected chi connectivity index (χ2v) is 8.44. The van der Waals surface area contributed by atoms with Crippen LogP contribution >= 0.6 is 0 Å². The summed E-state index contributed by atoms with van der Waals surface area (Å²) in [5.74, 6) is -1.35. The molecule has 1 amide bonds. The van der Waals surface area contributed by atoms with Gasteiger partial charge in [0.25, 0.3) is 0 Å². The van der Waals surface area contributed by atoms with Crippen LogP contribution < -0.4 is 4.31 Å². The van der Waals surface area contributed by atoms with Gasteiger partial charge in [0.05, 0.1) is 25.0 Å². The number of nitrogens with zero attached hydrogens (tertiary/aromatic N) is 2. The first kappa shape index (κ1) is 21.1. The number of esters is 1. The summed E-state index contributed by atoms with van der Waals surface area (Å²) in [4.78, 5) is 26.3. The zero-order valence-electron chi connectivity index (χ0n) is 15.7. The molecule has 1 aromatic carbocycles. The van der Waals surface area contributed by atoms with Crippen LogP contribution in [-0.2, 0) is 24.3 Å². The summed E-state index contributed by atoms with van der Waals surface area (Å²) >= 11 is 0. The van der Waals surface area contributed by atoms with Gasteiger partial charge in [0.2, 0.25) is 15.9 Å². The molecular weight excluding hydrogens is 375 g/mol. The lowest BCUT2D eigenvalue weighted by molar-refractivity contribution is -0.149. The Morgan fingerprint density at radius 3 is 2.26 bits per heavy atom. The number of halogens is 1. The van der Waals surface area contributed by atoms with Crippen molar-refractivity contribution in [2.75, 3.05) is 30.8 Å². The Morgan fingerprint density at radius 1 is 1.26 bits per heavy atom. The highest BCUT2D eigenvalue weighted by molar-refractivity contribution is 7.92. The molecule has 0 spiro atoms. The number of carbonyl (C=O) groups excluding carboxylic acids is 2. The maximum Gasteiger partial charge on any atom is 0.308 e. The van der Waals surface area contributed by atoms with E-state index in [-0.39, 0.29) is 29.9 Å². The highest BCUT2D eigenvalue weighted by Gasteiger charge is 2.36. The van der Waals surface area contributed by atoms with Crippen LogP contribution in [0.5, 0.6) is 0 Å². The molecule has 2 rings (SSSR count). The number of amides is 1. The van der Waals surface area contributed by atoms with E-state index in [9.17, 15) is 22.4 Å². The zero-order valence-corrected chi connectivity index (χ0v) is 16.5. The topological polar surface area (TPSA) is 84.0 Å². The molecule has 1 fully saturated rings. The molecule has 0 N–H and O–H groups in total. The Morgan fingerprint density at radius 2 is 1.81 bits per heavy atom. The molecule has 0 saturated carbocycles. The molecule has 150 valence electrons. The van der Waals surface area contributed by atoms with Crippen LogP contribution in [0.2, 0.25) is 0 Å². The van der Waals surface area contributed by atoms with Gasteiger partial charge in [-0.15, -0.1) is 0 Å². The highest BCUT2D eigenvalue weighted by Crippen LogP contribution is 2.26. The molecule has 1 aliphatic rings. The molecule has 0 aliphatic carbocycles. The van der Waals surface area contributed by atoms with Crippen molar-refractivity contribution in [2.45, 2.75) is 32.2 Å². The summed E-state index contributed by atoms with van der Waals surface area (Å²) in [6.07, 6.45) is 2.24. The van der Waals surface area contributed by atoms with Crippen molar-refractivity contribution in [3.05, 3.63) is 30.1 Å². The molecule has 0 aromatic heterocycles. The van der Waals surface area contributed by atoms with Crippen molar-refractivity contribution in [3.63, 3.8) is 0 Å². The summed E-state index contributed by atoms with van der Waals surface area (Å²) in [5, 5.41) is 0. The maximum absolute atomic E-state index is 13.2. The number of methoxy groups -OCH3 is 1. The molecule has 0 radical (unpaired) electrons. The summed E-state index contributed by atoms with van der Waals surface area (Å²) < 4.78 is 43.8. The van der Waals surface area contributed by atoms with E-state index in [2.05, 4.69) is 0 Å². The SMILES string of the molecule is CC[C@@H](C(=O)N1CCC(C(=O)OC)CC1)N(c1ccc(F)cc1)S(C)(=O)=O. The number of likely N-dealkylation sites (tertiary alicyclic amines) is 1. The third-order valence-corrected chi connectivity index (χ3v) is 5.91. The number of piperidine rings is 1. The predicted molar refractivity (Wildman–Crippen MR) is 99.1 cm³/mol. The smallest absolute Gasteiger partial charge is 0.308 e. The van der Waals surface area contributed by atoms with Crippen LogP contribution in [0.25, 0.3) is 0 Å². The summed E-state index contributed by atoms with van der Waals surface area (Å²) in [6.45, 7) is 2.44. The van der Waals surface area contributed by atoms with Gasteiger partial charge in [-0.2, -0.15) is 0 Å². The number of ether oxygens (including phenoxy) is 1. The number of hydrogen-bond acceptors (Lipinski definition) is 5. The first-order valence-electron chi connectivity index (χ1n) is 8.80. The molecule has 0 unspecified atom stereocenters. The lowest BCUT2D eigenvalue weighted by atomic mass is 9.96. The van der Waals surface area contributed by atoms with Crippen molar-refractivity contribution < 1.29 is 27.1 Å². The fourth-order valence-corrected chi connectivity index (χ4v) is 4.55. The van der Waals surface area contributed by atoms with E-state index in [1.54, 1.807) is 11.8 Å². The maximum atomic E-state index is 13.2. The lowest BCUT2D eigenvalue weighted by Gasteiger charge is -2.37. The van der Waals surface area contributed by atoms with E-state index in [0.717, 1.165) is 22.7 Å². The minimum Gasteiger partial charge on any atom is -0.469 e. The summed E-state index contributed by atoms with van der Waals surface area (Å²) in [7, 11) is -2.43. The second-order valence-electron chi connectivity index (χ2n) is 6.58. The Bertz CT molecular complexity index is 773. The summed E-state index contributed by atoms with van der Waals surface area (Å²) in [6, 6.07) is 4.07. The van der Waals surface area contributed by atoms with Gasteiger partial charge in [-0.1, -0.05) is 6.92 Å². The Kier molecular flexibility index (Phi) is 6.80. The lowest BCUT2D eigenvalue weighted by Crippen LogP contribution is -2.52. The Labute approximate surface area is 159 Å². The fourth-order valence-electron chi connectivity index (χ4n) is 3.34. The van der Waals surface area contributed by atoms with Crippen LogP contribution in [-0.4, -0.2) is 57.7 Å². The average Bonchev–Trinajstić information content (AvgIpc) is 2.65. The third kappa shape index (κ3) is 4.97. The molecular formula is C18H25FN2O5S. The van der Waals surface area contributed by atoms with Crippen molar-refractivity contribution in [2.24, 2.45) is 5.92 Å². The largest absolute Gasteiger partial charge is 0.469 e. The third-order valence-electron chi connectivity index (χ3n) is 4.73. The van der Waals surface area contributed by atoms with Crippen LogP contribution in [0.4, 0.5) is 10.1 Å². The number of sulfonamides is 1. The minimum absolute atomic E-state index is 0.239. The van der Waals surface area contributed by atoms with Crippen LogP contribution in [0, 0.1) is 11.7 Å². The minimum atomic E-state index is -3.76. The molecule has 1 atom stereocenters. The van der Waals surface area contributed by atoms with Gasteiger partial charge in [0.15, 0.2) is 0 Å². The van der Waals surface area contributed by atoms with Gasteiger partial charge in [0, 0.05) is 13.1 Å². The van der Waals surface area contributed by atoms with Gasteiger partial charge in [-0.3, -0.25) is 13.9 Å². The number of anilines is 1. The quantitative estimate of drug-likeness (QED) is 0.680. The van der Waals surface area contributed by atoms with Gasteiger partial charge in [-0.05, 0) is 43.5 Å². The first-order valence-corrected chi connectivity index (χ1v) is 10.7. The van der Waals surface area contributed by atoms with E-state index >= 15 is 0 Å². The monoisotopic (exact) mass is 400 g/mol. The predicted octanol–water partition coefficient (Wildman–Crippen LogP) is 1.78. The van der Waals surface area contributed by atoms with E-state index in [0.29, 0.717) is 25.9 Å². The van der Waals surface area contributed by atoms with Crippen LogP contribution in [0.3, 0.4) is 0 Å². The van der Waals surface area contributed by atoms with Crippen LogP contribution in [0.1, 0.15) is 26.2 Å². The standard InChI is InChI=1S/C18H25FN2O5S/c1-4-16(17(22)20-11-9-13(10-12-20)18(23)26-2)21(27(3,24)25)15-7-5-14(19)6-8-15/h5-8,13,16H,4,9-12H2,1-3H3/t16-/m0/s1. The number of carbonyl (C=O) groups is 2. The molecule has 9 heteroatoms. The number of rotatable bonds is 6. The van der Waals surface area contributed by atoms with Crippen LogP contribution in [0.15, 0.2) is 24.3 Å². The van der Waals surface area contributed by atoms with Crippen molar-refractivity contribution in [1.82, 2.24) is 4.90 Å². The molecule has 1 aromatic rings. The molecule has 27 heavy (non-hydrogen) atoms. The van der Waals surface area contributed by atoms with Gasteiger partial charge in [-0.25, -0.2) is 12.8 Å². The molecule has 1 aliphatic heterocycles. The van der Waals surface area contributed by atoms with E-state index < -0.39 is 21.9 Å². The van der Waals surface area contributed by atoms with E-state index in [1.165, 1.54) is 19.2 Å². The normalized spacial score (nSPS) is 16.7. The van der Waals surface area contributed by atoms with Gasteiger partial charge < -0.3 is 9.64 Å². The highest BCUT2D eigenvalue weighted by atomic mass is 32.2. The second kappa shape index (κ2) is 8.69.